The number of allylic oxidation sites excluding steroid dienone is 9. The number of urea groups is 1. The molecule has 4 aromatic carbocycles. The third-order valence-electron chi connectivity index (χ3n) is 12.4. The van der Waals surface area contributed by atoms with Crippen LogP contribution in [0.1, 0.15) is 71.9 Å². The van der Waals surface area contributed by atoms with E-state index in [0.717, 1.165) is 40.5 Å². The van der Waals surface area contributed by atoms with E-state index in [4.69, 9.17) is 0 Å². The van der Waals surface area contributed by atoms with Crippen molar-refractivity contribution in [2.24, 2.45) is 0 Å². The maximum absolute atomic E-state index is 14.1. The van der Waals surface area contributed by atoms with Crippen molar-refractivity contribution < 1.29 is 14.4 Å². The molecule has 2 fully saturated rings. The van der Waals surface area contributed by atoms with E-state index in [0.29, 0.717) is 18.4 Å². The number of benzene rings is 4. The van der Waals surface area contributed by atoms with Crippen molar-refractivity contribution >= 4 is 50.8 Å². The summed E-state index contributed by atoms with van der Waals surface area (Å²) in [7, 11) is 2.91. The number of imide groups is 2. The highest BCUT2D eigenvalue weighted by Crippen LogP contribution is 2.52. The molecule has 4 aliphatic rings. The zero-order chi connectivity index (χ0) is 39.0. The number of carbonyl (C=O) groups excluding carboxylic acids is 3. The Kier molecular flexibility index (Phi) is 8.75. The summed E-state index contributed by atoms with van der Waals surface area (Å²) in [6.45, 7) is 15.1. The number of hydrogen-bond acceptors (Lipinski definition) is 5. The van der Waals surface area contributed by atoms with E-state index in [1.807, 2.05) is 0 Å². The molecule has 0 unspecified atom stereocenters. The molecule has 0 atom stereocenters. The van der Waals surface area contributed by atoms with E-state index in [9.17, 15) is 14.4 Å². The van der Waals surface area contributed by atoms with E-state index in [1.54, 1.807) is 0 Å². The van der Waals surface area contributed by atoms with E-state index in [-0.39, 0.29) is 16.4 Å². The van der Waals surface area contributed by atoms with Crippen LogP contribution in [0.2, 0.25) is 0 Å². The van der Waals surface area contributed by atoms with E-state index < -0.39 is 17.8 Å². The van der Waals surface area contributed by atoms with Crippen LogP contribution in [0, 0.1) is 0 Å². The fourth-order valence-corrected chi connectivity index (χ4v) is 9.73. The fourth-order valence-electron chi connectivity index (χ4n) is 9.73. The van der Waals surface area contributed by atoms with E-state index >= 15 is 0 Å². The Bertz CT molecular complexity index is 2330. The standard InChI is InChI=1S/C48H50N4O3/c1-9-51-36-26-22-30-16-11-13-20-34(30)42(36)47(3,4)38(51)28-24-32-18-15-19-33(40(32)41-44(53)49(7)46(55)50(8)45(41)54)25-29-39-48(5,6)43-35-21-14-12-17-31(35)23-27-37(43)52(39)10-2/h11-14,16-17,20-29H,9-10,15,18-19H2,1-8H3/b32-24+,33-25+,38-28-,39-29+. The molecule has 280 valence electrons. The third kappa shape index (κ3) is 5.42. The van der Waals surface area contributed by atoms with Gasteiger partial charge in [-0.1, -0.05) is 101 Å². The zero-order valence-corrected chi connectivity index (χ0v) is 33.3. The van der Waals surface area contributed by atoms with Crippen LogP contribution in [0.15, 0.2) is 131 Å². The van der Waals surface area contributed by atoms with Gasteiger partial charge in [-0.3, -0.25) is 19.4 Å². The Hall–Kier alpha value is -5.69. The van der Waals surface area contributed by atoms with Gasteiger partial charge in [-0.15, -0.1) is 0 Å². The lowest BCUT2D eigenvalue weighted by Crippen LogP contribution is -2.53. The lowest BCUT2D eigenvalue weighted by atomic mass is 9.78. The Morgan fingerprint density at radius 2 is 0.982 bits per heavy atom. The number of carbonyl (C=O) groups is 3. The number of likely N-dealkylation sites (N-methyl/N-ethyl adjacent to an activating group) is 4. The molecular weight excluding hydrogens is 681 g/mol. The molecular formula is C48H50N4O3. The molecule has 1 saturated carbocycles. The first kappa shape index (κ1) is 36.3. The normalized spacial score (nSPS) is 22.4. The minimum atomic E-state index is -0.622. The van der Waals surface area contributed by atoms with Crippen molar-refractivity contribution in [1.29, 1.82) is 0 Å². The average molecular weight is 731 g/mol. The van der Waals surface area contributed by atoms with Crippen LogP contribution < -0.4 is 9.80 Å². The molecule has 3 aliphatic heterocycles. The molecule has 0 spiro atoms. The highest BCUT2D eigenvalue weighted by molar-refractivity contribution is 6.29. The smallest absolute Gasteiger partial charge is 0.333 e. The van der Waals surface area contributed by atoms with Crippen LogP contribution in [0.5, 0.6) is 0 Å². The maximum atomic E-state index is 14.1. The molecule has 4 aromatic rings. The summed E-state index contributed by atoms with van der Waals surface area (Å²) in [5, 5.41) is 4.93. The molecule has 0 radical (unpaired) electrons. The SMILES string of the molecule is CCN1/C(=C\C=C2/CCC/C(=C\C=C3\N(CC)c4ccc5ccccc5c4C3(C)C)C2=C2C(=O)N(C)C(=O)N(C)C2=O)C(C)(C)c2c1ccc1ccccc21. The second-order valence-electron chi connectivity index (χ2n) is 16.2. The van der Waals surface area contributed by atoms with Crippen LogP contribution in [-0.4, -0.2) is 54.8 Å². The van der Waals surface area contributed by atoms with Crippen molar-refractivity contribution in [3.8, 4) is 0 Å². The Morgan fingerprint density at radius 3 is 1.40 bits per heavy atom. The monoisotopic (exact) mass is 730 g/mol. The summed E-state index contributed by atoms with van der Waals surface area (Å²) in [4.78, 5) is 47.9. The number of amides is 4. The fraction of sp³-hybridized carbons (Fsp3) is 0.312. The summed E-state index contributed by atoms with van der Waals surface area (Å²) in [5.74, 6) is -1.12. The van der Waals surface area contributed by atoms with Crippen molar-refractivity contribution in [3.05, 3.63) is 142 Å². The average Bonchev–Trinajstić information content (AvgIpc) is 3.56. The van der Waals surface area contributed by atoms with Crippen LogP contribution in [0.25, 0.3) is 21.5 Å². The second kappa shape index (κ2) is 13.3. The Labute approximate surface area is 324 Å². The van der Waals surface area contributed by atoms with Crippen LogP contribution in [-0.2, 0) is 20.4 Å². The van der Waals surface area contributed by atoms with Crippen LogP contribution in [0.3, 0.4) is 0 Å². The predicted molar refractivity (Wildman–Crippen MR) is 224 cm³/mol. The van der Waals surface area contributed by atoms with Crippen LogP contribution in [0.4, 0.5) is 16.2 Å². The minimum absolute atomic E-state index is 0.0539. The summed E-state index contributed by atoms with van der Waals surface area (Å²) < 4.78 is 0. The topological polar surface area (TPSA) is 64.2 Å². The van der Waals surface area contributed by atoms with E-state index in [1.165, 1.54) is 69.5 Å². The molecule has 1 aliphatic carbocycles. The molecule has 0 N–H and O–H groups in total. The van der Waals surface area contributed by atoms with Gasteiger partial charge in [0.1, 0.15) is 5.57 Å². The van der Waals surface area contributed by atoms with Crippen LogP contribution >= 0.6 is 0 Å². The van der Waals surface area contributed by atoms with E-state index in [2.05, 4.69) is 148 Å². The van der Waals surface area contributed by atoms with Crippen molar-refractivity contribution in [2.75, 3.05) is 37.0 Å². The van der Waals surface area contributed by atoms with Crippen molar-refractivity contribution in [2.45, 2.75) is 71.6 Å². The van der Waals surface area contributed by atoms with Gasteiger partial charge in [-0.2, -0.15) is 0 Å². The molecule has 7 heteroatoms. The molecule has 55 heavy (non-hydrogen) atoms. The highest BCUT2D eigenvalue weighted by Gasteiger charge is 2.44. The van der Waals surface area contributed by atoms with Gasteiger partial charge in [0, 0.05) is 60.8 Å². The molecule has 0 bridgehead atoms. The molecule has 1 saturated heterocycles. The third-order valence-corrected chi connectivity index (χ3v) is 12.4. The van der Waals surface area contributed by atoms with Gasteiger partial charge >= 0.3 is 6.03 Å². The summed E-state index contributed by atoms with van der Waals surface area (Å²) in [6.07, 6.45) is 10.9. The first-order valence-corrected chi connectivity index (χ1v) is 19.6. The number of barbiturate groups is 1. The largest absolute Gasteiger partial charge is 0.344 e. The lowest BCUT2D eigenvalue weighted by molar-refractivity contribution is -0.134. The molecule has 7 nitrogen and oxygen atoms in total. The maximum Gasteiger partial charge on any atom is 0.333 e. The van der Waals surface area contributed by atoms with Crippen molar-refractivity contribution in [1.82, 2.24) is 9.80 Å². The first-order chi connectivity index (χ1) is 26.3. The van der Waals surface area contributed by atoms with Gasteiger partial charge in [0.05, 0.1) is 0 Å². The first-order valence-electron chi connectivity index (χ1n) is 19.6. The highest BCUT2D eigenvalue weighted by atomic mass is 16.2. The van der Waals surface area contributed by atoms with Gasteiger partial charge in [-0.25, -0.2) is 4.79 Å². The molecule has 4 amide bonds. The number of nitrogens with zero attached hydrogens (tertiary/aromatic N) is 4. The summed E-state index contributed by atoms with van der Waals surface area (Å²) >= 11 is 0. The minimum Gasteiger partial charge on any atom is -0.344 e. The van der Waals surface area contributed by atoms with Gasteiger partial charge in [0.2, 0.25) is 0 Å². The lowest BCUT2D eigenvalue weighted by Gasteiger charge is -2.33. The summed E-state index contributed by atoms with van der Waals surface area (Å²) in [6, 6.07) is 25.4. The molecule has 8 rings (SSSR count). The second-order valence-corrected chi connectivity index (χ2v) is 16.2. The van der Waals surface area contributed by atoms with Gasteiger partial charge in [0.25, 0.3) is 11.8 Å². The number of fused-ring (bicyclic) bond motifs is 6. The quantitative estimate of drug-likeness (QED) is 0.155. The van der Waals surface area contributed by atoms with Crippen molar-refractivity contribution in [3.63, 3.8) is 0 Å². The van der Waals surface area contributed by atoms with Gasteiger partial charge < -0.3 is 9.80 Å². The number of rotatable bonds is 4. The van der Waals surface area contributed by atoms with Gasteiger partial charge in [-0.05, 0) is 107 Å². The predicted octanol–water partition coefficient (Wildman–Crippen LogP) is 10.1. The zero-order valence-electron chi connectivity index (χ0n) is 33.3. The molecule has 0 aromatic heterocycles. The number of anilines is 2. The Morgan fingerprint density at radius 1 is 0.564 bits per heavy atom. The molecule has 3 heterocycles. The van der Waals surface area contributed by atoms with Gasteiger partial charge in [0.15, 0.2) is 0 Å². The number of hydrogen-bond donors (Lipinski definition) is 0. The Balaban J connectivity index is 1.30. The summed E-state index contributed by atoms with van der Waals surface area (Å²) in [5.41, 5.74) is 9.31.